The van der Waals surface area contributed by atoms with E-state index < -0.39 is 0 Å². The predicted molar refractivity (Wildman–Crippen MR) is 101 cm³/mol. The fraction of sp³-hybridized carbons (Fsp3) is 0.333. The molecule has 5 nitrogen and oxygen atoms in total. The Bertz CT molecular complexity index is 901. The third-order valence-electron chi connectivity index (χ3n) is 4.98. The van der Waals surface area contributed by atoms with E-state index in [9.17, 15) is 4.79 Å². The second kappa shape index (κ2) is 7.20. The summed E-state index contributed by atoms with van der Waals surface area (Å²) in [6.07, 6.45) is 3.76. The van der Waals surface area contributed by atoms with Gasteiger partial charge < -0.3 is 14.6 Å². The van der Waals surface area contributed by atoms with Gasteiger partial charge >= 0.3 is 0 Å². The quantitative estimate of drug-likeness (QED) is 0.779. The second-order valence-electron chi connectivity index (χ2n) is 7.02. The van der Waals surface area contributed by atoms with E-state index in [2.05, 4.69) is 29.0 Å². The number of ether oxygens (including phenoxy) is 1. The molecule has 1 saturated heterocycles. The van der Waals surface area contributed by atoms with Gasteiger partial charge in [-0.15, -0.1) is 0 Å². The molecular formula is C21H23N3O2. The number of aryl methyl sites for hydroxylation is 1. The maximum atomic E-state index is 12.9. The van der Waals surface area contributed by atoms with E-state index in [1.807, 2.05) is 35.2 Å². The Balaban J connectivity index is 1.39. The first kappa shape index (κ1) is 16.6. The number of imidazole rings is 1. The average molecular weight is 349 g/mol. The van der Waals surface area contributed by atoms with Gasteiger partial charge in [0.2, 0.25) is 0 Å². The SMILES string of the molecule is Cc1ccc(OC[C@@H]2CCCN(C(=O)c3ccc4nc[nH]c4c3)C2)cc1. The molecule has 26 heavy (non-hydrogen) atoms. The Morgan fingerprint density at radius 1 is 1.27 bits per heavy atom. The molecule has 5 heteroatoms. The van der Waals surface area contributed by atoms with Gasteiger partial charge in [-0.2, -0.15) is 0 Å². The molecule has 1 aromatic heterocycles. The van der Waals surface area contributed by atoms with Gasteiger partial charge in [0.05, 0.1) is 24.0 Å². The van der Waals surface area contributed by atoms with E-state index in [0.717, 1.165) is 42.7 Å². The van der Waals surface area contributed by atoms with Crippen LogP contribution in [0.2, 0.25) is 0 Å². The van der Waals surface area contributed by atoms with Crippen LogP contribution in [0.1, 0.15) is 28.8 Å². The van der Waals surface area contributed by atoms with Crippen molar-refractivity contribution in [1.29, 1.82) is 0 Å². The summed E-state index contributed by atoms with van der Waals surface area (Å²) in [7, 11) is 0. The number of H-pyrrole nitrogens is 1. The number of nitrogens with one attached hydrogen (secondary N) is 1. The molecule has 1 N–H and O–H groups in total. The predicted octanol–water partition coefficient (Wildman–Crippen LogP) is 3.80. The number of benzene rings is 2. The second-order valence-corrected chi connectivity index (χ2v) is 7.02. The number of rotatable bonds is 4. The first-order valence-electron chi connectivity index (χ1n) is 9.11. The zero-order valence-electron chi connectivity index (χ0n) is 14.9. The van der Waals surface area contributed by atoms with Gasteiger partial charge in [-0.1, -0.05) is 17.7 Å². The van der Waals surface area contributed by atoms with Crippen LogP contribution in [0.3, 0.4) is 0 Å². The van der Waals surface area contributed by atoms with Crippen LogP contribution >= 0.6 is 0 Å². The largest absolute Gasteiger partial charge is 0.493 e. The highest BCUT2D eigenvalue weighted by atomic mass is 16.5. The number of fused-ring (bicyclic) bond motifs is 1. The van der Waals surface area contributed by atoms with Gasteiger partial charge in [0.15, 0.2) is 0 Å². The highest BCUT2D eigenvalue weighted by Gasteiger charge is 2.25. The van der Waals surface area contributed by atoms with Crippen molar-refractivity contribution in [3.63, 3.8) is 0 Å². The van der Waals surface area contributed by atoms with Gasteiger partial charge in [0, 0.05) is 24.6 Å². The van der Waals surface area contributed by atoms with Gasteiger partial charge in [-0.05, 0) is 50.1 Å². The van der Waals surface area contributed by atoms with Gasteiger partial charge in [0.25, 0.3) is 5.91 Å². The van der Waals surface area contributed by atoms with Crippen molar-refractivity contribution < 1.29 is 9.53 Å². The van der Waals surface area contributed by atoms with Crippen LogP contribution in [-0.2, 0) is 0 Å². The molecule has 1 atom stereocenters. The number of aromatic nitrogens is 2. The Labute approximate surface area is 153 Å². The van der Waals surface area contributed by atoms with Crippen molar-refractivity contribution in [2.45, 2.75) is 19.8 Å². The molecule has 0 bridgehead atoms. The number of hydrogen-bond acceptors (Lipinski definition) is 3. The van der Waals surface area contributed by atoms with Crippen LogP contribution in [0.25, 0.3) is 11.0 Å². The molecule has 1 fully saturated rings. The van der Waals surface area contributed by atoms with Crippen LogP contribution in [0.15, 0.2) is 48.8 Å². The highest BCUT2D eigenvalue weighted by molar-refractivity contribution is 5.97. The summed E-state index contributed by atoms with van der Waals surface area (Å²) in [5, 5.41) is 0. The van der Waals surface area contributed by atoms with Crippen molar-refractivity contribution in [2.24, 2.45) is 5.92 Å². The molecular weight excluding hydrogens is 326 g/mol. The third-order valence-corrected chi connectivity index (χ3v) is 4.98. The number of likely N-dealkylation sites (tertiary alicyclic amines) is 1. The van der Waals surface area contributed by atoms with Gasteiger partial charge in [0.1, 0.15) is 5.75 Å². The Hall–Kier alpha value is -2.82. The smallest absolute Gasteiger partial charge is 0.253 e. The topological polar surface area (TPSA) is 58.2 Å². The maximum absolute atomic E-state index is 12.9. The lowest BCUT2D eigenvalue weighted by Gasteiger charge is -2.32. The fourth-order valence-electron chi connectivity index (χ4n) is 3.49. The number of hydrogen-bond donors (Lipinski definition) is 1. The number of aromatic amines is 1. The molecule has 0 unspecified atom stereocenters. The minimum Gasteiger partial charge on any atom is -0.493 e. The van der Waals surface area contributed by atoms with Crippen LogP contribution in [0.5, 0.6) is 5.75 Å². The number of amides is 1. The van der Waals surface area contributed by atoms with Crippen LogP contribution < -0.4 is 4.74 Å². The zero-order valence-corrected chi connectivity index (χ0v) is 14.9. The monoisotopic (exact) mass is 349 g/mol. The van der Waals surface area contributed by atoms with E-state index in [1.165, 1.54) is 5.56 Å². The normalized spacial score (nSPS) is 17.4. The molecule has 0 saturated carbocycles. The number of carbonyl (C=O) groups excluding carboxylic acids is 1. The molecule has 1 amide bonds. The number of nitrogens with zero attached hydrogens (tertiary/aromatic N) is 2. The zero-order chi connectivity index (χ0) is 17.9. The summed E-state index contributed by atoms with van der Waals surface area (Å²) in [4.78, 5) is 22.1. The molecule has 134 valence electrons. The summed E-state index contributed by atoms with van der Waals surface area (Å²) in [5.41, 5.74) is 3.71. The van der Waals surface area contributed by atoms with Crippen molar-refractivity contribution in [3.8, 4) is 5.75 Å². The van der Waals surface area contributed by atoms with Gasteiger partial charge in [-0.25, -0.2) is 4.98 Å². The molecule has 1 aliphatic rings. The molecule has 0 radical (unpaired) electrons. The van der Waals surface area contributed by atoms with Gasteiger partial charge in [-0.3, -0.25) is 4.79 Å². The Kier molecular flexibility index (Phi) is 4.61. The Morgan fingerprint density at radius 2 is 2.12 bits per heavy atom. The first-order valence-corrected chi connectivity index (χ1v) is 9.11. The highest BCUT2D eigenvalue weighted by Crippen LogP contribution is 2.22. The van der Waals surface area contributed by atoms with E-state index in [4.69, 9.17) is 4.74 Å². The Morgan fingerprint density at radius 3 is 2.96 bits per heavy atom. The van der Waals surface area contributed by atoms with E-state index in [-0.39, 0.29) is 5.91 Å². The lowest BCUT2D eigenvalue weighted by molar-refractivity contribution is 0.0633. The van der Waals surface area contributed by atoms with E-state index >= 15 is 0 Å². The summed E-state index contributed by atoms with van der Waals surface area (Å²) >= 11 is 0. The summed E-state index contributed by atoms with van der Waals surface area (Å²) < 4.78 is 5.93. The van der Waals surface area contributed by atoms with Crippen LogP contribution in [0, 0.1) is 12.8 Å². The molecule has 0 aliphatic carbocycles. The molecule has 2 heterocycles. The molecule has 0 spiro atoms. The standard InChI is InChI=1S/C21H23N3O2/c1-15-4-7-18(8-5-15)26-13-16-3-2-10-24(12-16)21(25)17-6-9-19-20(11-17)23-14-22-19/h4-9,11,14,16H,2-3,10,12-13H2,1H3,(H,22,23)/t16-/m1/s1. The first-order chi connectivity index (χ1) is 12.7. The minimum absolute atomic E-state index is 0.0848. The lowest BCUT2D eigenvalue weighted by atomic mass is 9.98. The molecule has 1 aliphatic heterocycles. The average Bonchev–Trinajstić information content (AvgIpc) is 3.15. The van der Waals surface area contributed by atoms with E-state index in [0.29, 0.717) is 18.1 Å². The van der Waals surface area contributed by atoms with Crippen molar-refractivity contribution >= 4 is 16.9 Å². The lowest BCUT2D eigenvalue weighted by Crippen LogP contribution is -2.41. The van der Waals surface area contributed by atoms with Crippen molar-refractivity contribution in [3.05, 3.63) is 59.9 Å². The van der Waals surface area contributed by atoms with Crippen LogP contribution in [0.4, 0.5) is 0 Å². The summed E-state index contributed by atoms with van der Waals surface area (Å²) in [5.74, 6) is 1.34. The third kappa shape index (κ3) is 3.57. The van der Waals surface area contributed by atoms with Crippen molar-refractivity contribution in [2.75, 3.05) is 19.7 Å². The molecule has 3 aromatic rings. The summed E-state index contributed by atoms with van der Waals surface area (Å²) in [6, 6.07) is 13.7. The minimum atomic E-state index is 0.0848. The fourth-order valence-corrected chi connectivity index (χ4v) is 3.49. The van der Waals surface area contributed by atoms with Crippen molar-refractivity contribution in [1.82, 2.24) is 14.9 Å². The van der Waals surface area contributed by atoms with Crippen LogP contribution in [-0.4, -0.2) is 40.5 Å². The molecule has 4 rings (SSSR count). The molecule has 2 aromatic carbocycles. The summed E-state index contributed by atoms with van der Waals surface area (Å²) in [6.45, 7) is 4.26. The number of carbonyl (C=O) groups is 1. The van der Waals surface area contributed by atoms with E-state index in [1.54, 1.807) is 6.33 Å². The maximum Gasteiger partial charge on any atom is 0.253 e. The number of piperidine rings is 1.